The summed E-state index contributed by atoms with van der Waals surface area (Å²) in [6.07, 6.45) is 8.46. The number of benzene rings is 2. The minimum Gasteiger partial charge on any atom is -0.492 e. The number of amides is 1. The van der Waals surface area contributed by atoms with Gasteiger partial charge >= 0.3 is 0 Å². The number of pyridine rings is 1. The molecule has 9 nitrogen and oxygen atoms in total. The number of carbonyl (C=O) groups is 1. The number of rotatable bonds is 8. The van der Waals surface area contributed by atoms with Gasteiger partial charge in [0.2, 0.25) is 0 Å². The van der Waals surface area contributed by atoms with E-state index in [9.17, 15) is 9.59 Å². The first-order valence-corrected chi connectivity index (χ1v) is 14.9. The second-order valence-electron chi connectivity index (χ2n) is 11.3. The predicted octanol–water partition coefficient (Wildman–Crippen LogP) is 4.72. The second-order valence-corrected chi connectivity index (χ2v) is 11.3. The predicted molar refractivity (Wildman–Crippen MR) is 160 cm³/mol. The average molecular weight is 558 g/mol. The van der Waals surface area contributed by atoms with Crippen LogP contribution in [0, 0.1) is 6.92 Å². The fourth-order valence-corrected chi connectivity index (χ4v) is 6.15. The van der Waals surface area contributed by atoms with E-state index in [0.717, 1.165) is 60.3 Å². The van der Waals surface area contributed by atoms with E-state index in [0.29, 0.717) is 42.8 Å². The molecule has 2 aliphatic heterocycles. The summed E-state index contributed by atoms with van der Waals surface area (Å²) in [5, 5.41) is 9.04. The molecule has 0 spiro atoms. The number of carbonyl (C=O) groups excluding carboxylic acids is 1. The molecular weight excluding hydrogens is 518 g/mol. The van der Waals surface area contributed by atoms with Gasteiger partial charge in [0.05, 0.1) is 28.7 Å². The van der Waals surface area contributed by atoms with Gasteiger partial charge in [-0.05, 0) is 69.5 Å². The van der Waals surface area contributed by atoms with Gasteiger partial charge in [-0.2, -0.15) is 5.10 Å². The van der Waals surface area contributed by atoms with Gasteiger partial charge in [-0.1, -0.05) is 31.0 Å². The Bertz CT molecular complexity index is 1580. The number of nitrogens with one attached hydrogen (secondary N) is 2. The number of H-pyrrole nitrogens is 1. The highest BCUT2D eigenvalue weighted by atomic mass is 16.5. The maximum absolute atomic E-state index is 13.5. The third-order valence-corrected chi connectivity index (χ3v) is 8.47. The van der Waals surface area contributed by atoms with Crippen molar-refractivity contribution in [2.24, 2.45) is 0 Å². The normalized spacial score (nSPS) is 17.1. The number of fused-ring (bicyclic) bond motifs is 3. The van der Waals surface area contributed by atoms with Crippen LogP contribution >= 0.6 is 0 Å². The average Bonchev–Trinajstić information content (AvgIpc) is 3.28. The zero-order valence-corrected chi connectivity index (χ0v) is 23.8. The first-order chi connectivity index (χ1) is 20.1. The lowest BCUT2D eigenvalue weighted by Crippen LogP contribution is -2.29. The number of aromatic nitrogens is 3. The molecule has 6 rings (SSSR count). The van der Waals surface area contributed by atoms with Gasteiger partial charge in [-0.15, -0.1) is 0 Å². The van der Waals surface area contributed by atoms with Crippen molar-refractivity contribution in [1.82, 2.24) is 25.0 Å². The monoisotopic (exact) mass is 557 g/mol. The summed E-state index contributed by atoms with van der Waals surface area (Å²) < 4.78 is 13.7. The summed E-state index contributed by atoms with van der Waals surface area (Å²) in [6.45, 7) is 7.42. The van der Waals surface area contributed by atoms with E-state index in [-0.39, 0.29) is 17.5 Å². The highest BCUT2D eigenvalue weighted by Crippen LogP contribution is 2.30. The molecule has 0 atom stereocenters. The van der Waals surface area contributed by atoms with Crippen molar-refractivity contribution in [3.8, 4) is 5.75 Å². The van der Waals surface area contributed by atoms with Crippen molar-refractivity contribution in [3.63, 3.8) is 0 Å². The molecule has 2 N–H and O–H groups in total. The minimum absolute atomic E-state index is 0.153. The van der Waals surface area contributed by atoms with Crippen molar-refractivity contribution in [3.05, 3.63) is 69.6 Å². The van der Waals surface area contributed by atoms with Gasteiger partial charge in [0, 0.05) is 42.8 Å². The number of hydrogen-bond donors (Lipinski definition) is 2. The first kappa shape index (κ1) is 27.5. The van der Waals surface area contributed by atoms with E-state index in [2.05, 4.69) is 20.3 Å². The van der Waals surface area contributed by atoms with Crippen LogP contribution in [0.1, 0.15) is 66.1 Å². The van der Waals surface area contributed by atoms with Gasteiger partial charge < -0.3 is 19.8 Å². The molecule has 0 aliphatic carbocycles. The molecule has 0 bridgehead atoms. The summed E-state index contributed by atoms with van der Waals surface area (Å²) in [4.78, 5) is 31.8. The molecule has 4 aromatic rings. The van der Waals surface area contributed by atoms with Crippen molar-refractivity contribution in [2.75, 3.05) is 39.5 Å². The molecule has 4 heterocycles. The first-order valence-electron chi connectivity index (χ1n) is 14.9. The van der Waals surface area contributed by atoms with Gasteiger partial charge in [0.15, 0.2) is 0 Å². The van der Waals surface area contributed by atoms with Crippen LogP contribution < -0.4 is 15.6 Å². The molecule has 41 heavy (non-hydrogen) atoms. The lowest BCUT2D eigenvalue weighted by molar-refractivity contribution is 0.0675. The van der Waals surface area contributed by atoms with Crippen molar-refractivity contribution in [2.45, 2.75) is 58.0 Å². The molecule has 9 heteroatoms. The lowest BCUT2D eigenvalue weighted by atomic mass is 10.0. The Morgan fingerprint density at radius 2 is 1.88 bits per heavy atom. The largest absolute Gasteiger partial charge is 0.492 e. The number of likely N-dealkylation sites (tertiary alicyclic amines) is 1. The molecule has 2 aromatic carbocycles. The van der Waals surface area contributed by atoms with Crippen LogP contribution in [0.15, 0.2) is 47.4 Å². The van der Waals surface area contributed by atoms with Gasteiger partial charge in [0.1, 0.15) is 12.4 Å². The summed E-state index contributed by atoms with van der Waals surface area (Å²) in [5.41, 5.74) is 3.62. The molecule has 0 saturated carbocycles. The molecule has 2 aromatic heterocycles. The minimum atomic E-state index is -0.171. The number of hydrogen-bond acceptors (Lipinski definition) is 6. The van der Waals surface area contributed by atoms with Crippen molar-refractivity contribution >= 4 is 27.7 Å². The molecule has 0 radical (unpaired) electrons. The molecular formula is C32H39N5O4. The van der Waals surface area contributed by atoms with E-state index in [4.69, 9.17) is 9.47 Å². The highest BCUT2D eigenvalue weighted by Gasteiger charge is 2.22. The molecule has 2 fully saturated rings. The van der Waals surface area contributed by atoms with Crippen LogP contribution in [0.3, 0.4) is 0 Å². The number of aryl methyl sites for hydroxylation is 1. The standard InChI is InChI=1S/C32H39N5O4/c1-22-18-28-26(30-27(32(39)35-28)21-34-37(30)24-10-15-40-16-11-24)19-25(22)31(38)33-20-23-8-4-5-9-29(23)41-17-14-36-12-6-2-3-7-13-36/h4-5,8-9,18-19,21,24H,2-3,6-7,10-17,20H2,1H3,(H,33,38)(H,35,39). The summed E-state index contributed by atoms with van der Waals surface area (Å²) in [7, 11) is 0. The van der Waals surface area contributed by atoms with E-state index in [1.807, 2.05) is 48.0 Å². The number of aromatic amines is 1. The maximum atomic E-state index is 13.5. The summed E-state index contributed by atoms with van der Waals surface area (Å²) in [6, 6.07) is 11.8. The van der Waals surface area contributed by atoms with E-state index in [1.54, 1.807) is 6.20 Å². The molecule has 0 unspecified atom stereocenters. The molecule has 216 valence electrons. The van der Waals surface area contributed by atoms with Crippen LogP contribution in [0.4, 0.5) is 0 Å². The number of para-hydroxylation sites is 1. The molecule has 2 aliphatic rings. The Balaban J connectivity index is 1.20. The van der Waals surface area contributed by atoms with Gasteiger partial charge in [0.25, 0.3) is 11.5 Å². The lowest BCUT2D eigenvalue weighted by Gasteiger charge is -2.23. The van der Waals surface area contributed by atoms with Crippen LogP contribution in [0.5, 0.6) is 5.75 Å². The second kappa shape index (κ2) is 12.4. The Hall–Kier alpha value is -3.69. The fraction of sp³-hybridized carbons (Fsp3) is 0.469. The van der Waals surface area contributed by atoms with Crippen LogP contribution in [-0.2, 0) is 11.3 Å². The molecule has 1 amide bonds. The maximum Gasteiger partial charge on any atom is 0.259 e. The van der Waals surface area contributed by atoms with Crippen LogP contribution in [0.25, 0.3) is 21.8 Å². The van der Waals surface area contributed by atoms with E-state index in [1.165, 1.54) is 25.7 Å². The topological polar surface area (TPSA) is 101 Å². The van der Waals surface area contributed by atoms with Crippen LogP contribution in [-0.4, -0.2) is 65.0 Å². The zero-order valence-electron chi connectivity index (χ0n) is 23.8. The Kier molecular flexibility index (Phi) is 8.34. The van der Waals surface area contributed by atoms with Gasteiger partial charge in [-0.3, -0.25) is 19.2 Å². The number of ether oxygens (including phenoxy) is 2. The van der Waals surface area contributed by atoms with E-state index < -0.39 is 0 Å². The Morgan fingerprint density at radius 1 is 1.10 bits per heavy atom. The van der Waals surface area contributed by atoms with Crippen LogP contribution in [0.2, 0.25) is 0 Å². The summed E-state index contributed by atoms with van der Waals surface area (Å²) >= 11 is 0. The van der Waals surface area contributed by atoms with Gasteiger partial charge in [-0.25, -0.2) is 0 Å². The quantitative estimate of drug-likeness (QED) is 0.325. The summed E-state index contributed by atoms with van der Waals surface area (Å²) in [5.74, 6) is 0.637. The Morgan fingerprint density at radius 3 is 2.68 bits per heavy atom. The SMILES string of the molecule is Cc1cc2[nH]c(=O)c3cnn(C4CCOCC4)c3c2cc1C(=O)NCc1ccccc1OCCN1CCCCCC1. The number of nitrogens with zero attached hydrogens (tertiary/aromatic N) is 3. The fourth-order valence-electron chi connectivity index (χ4n) is 6.15. The van der Waals surface area contributed by atoms with Crippen molar-refractivity contribution < 1.29 is 14.3 Å². The van der Waals surface area contributed by atoms with E-state index >= 15 is 0 Å². The third kappa shape index (κ3) is 6.01. The Labute approximate surface area is 239 Å². The van der Waals surface area contributed by atoms with Crippen molar-refractivity contribution in [1.29, 1.82) is 0 Å². The smallest absolute Gasteiger partial charge is 0.259 e. The zero-order chi connectivity index (χ0) is 28.2. The third-order valence-electron chi connectivity index (χ3n) is 8.47. The highest BCUT2D eigenvalue weighted by molar-refractivity contribution is 6.07. The molecule has 2 saturated heterocycles.